The highest BCUT2D eigenvalue weighted by Gasteiger charge is 1.99. The molecule has 1 aromatic carbocycles. The molecule has 78 valence electrons. The van der Waals surface area contributed by atoms with E-state index in [0.717, 1.165) is 28.5 Å². The van der Waals surface area contributed by atoms with Crippen LogP contribution in [-0.2, 0) is 6.42 Å². The average molecular weight is 307 g/mol. The summed E-state index contributed by atoms with van der Waals surface area (Å²) in [4.78, 5) is 2.14. The predicted molar refractivity (Wildman–Crippen MR) is 66.0 cm³/mol. The molecule has 0 amide bonds. The molecule has 0 saturated heterocycles. The van der Waals surface area contributed by atoms with Gasteiger partial charge in [-0.25, -0.2) is 4.39 Å². The second kappa shape index (κ2) is 5.66. The van der Waals surface area contributed by atoms with Crippen molar-refractivity contribution in [3.05, 3.63) is 33.1 Å². The third kappa shape index (κ3) is 4.37. The van der Waals surface area contributed by atoms with Crippen LogP contribution >= 0.6 is 22.6 Å². The fraction of sp³-hybridized carbons (Fsp3) is 0.455. The lowest BCUT2D eigenvalue weighted by Gasteiger charge is -2.09. The summed E-state index contributed by atoms with van der Waals surface area (Å²) >= 11 is 2.15. The minimum atomic E-state index is -0.128. The van der Waals surface area contributed by atoms with Crippen molar-refractivity contribution in [3.8, 4) is 0 Å². The summed E-state index contributed by atoms with van der Waals surface area (Å²) in [5.41, 5.74) is 1.09. The summed E-state index contributed by atoms with van der Waals surface area (Å²) in [5, 5.41) is 0. The van der Waals surface area contributed by atoms with Crippen molar-refractivity contribution in [3.63, 3.8) is 0 Å². The summed E-state index contributed by atoms with van der Waals surface area (Å²) in [7, 11) is 4.10. The van der Waals surface area contributed by atoms with Crippen molar-refractivity contribution < 1.29 is 4.39 Å². The first-order valence-corrected chi connectivity index (χ1v) is 5.75. The molecular weight excluding hydrogens is 292 g/mol. The number of rotatable bonds is 4. The zero-order chi connectivity index (χ0) is 10.6. The topological polar surface area (TPSA) is 3.24 Å². The van der Waals surface area contributed by atoms with Crippen LogP contribution in [0.2, 0.25) is 0 Å². The quantitative estimate of drug-likeness (QED) is 0.773. The molecule has 0 atom stereocenters. The largest absolute Gasteiger partial charge is 0.309 e. The number of halogens is 2. The third-order valence-corrected chi connectivity index (χ3v) is 2.62. The van der Waals surface area contributed by atoms with E-state index < -0.39 is 0 Å². The van der Waals surface area contributed by atoms with Crippen LogP contribution < -0.4 is 0 Å². The van der Waals surface area contributed by atoms with Crippen molar-refractivity contribution in [2.45, 2.75) is 12.8 Å². The molecule has 1 nitrogen and oxygen atoms in total. The van der Waals surface area contributed by atoms with Crippen LogP contribution in [0.15, 0.2) is 18.2 Å². The van der Waals surface area contributed by atoms with Crippen LogP contribution in [0.5, 0.6) is 0 Å². The molecular formula is C11H15FIN. The summed E-state index contributed by atoms with van der Waals surface area (Å²) in [5.74, 6) is -0.128. The number of hydrogen-bond acceptors (Lipinski definition) is 1. The van der Waals surface area contributed by atoms with E-state index in [1.807, 2.05) is 6.07 Å². The van der Waals surface area contributed by atoms with Gasteiger partial charge in [-0.05, 0) is 79.8 Å². The lowest BCUT2D eigenvalue weighted by Crippen LogP contribution is -2.13. The molecule has 0 fully saturated rings. The van der Waals surface area contributed by atoms with E-state index in [1.54, 1.807) is 12.1 Å². The molecule has 0 heterocycles. The molecule has 0 unspecified atom stereocenters. The second-order valence-electron chi connectivity index (χ2n) is 3.68. The molecule has 0 aromatic heterocycles. The van der Waals surface area contributed by atoms with Gasteiger partial charge >= 0.3 is 0 Å². The van der Waals surface area contributed by atoms with Crippen molar-refractivity contribution in [2.75, 3.05) is 20.6 Å². The van der Waals surface area contributed by atoms with Gasteiger partial charge in [0.1, 0.15) is 5.82 Å². The van der Waals surface area contributed by atoms with Crippen molar-refractivity contribution >= 4 is 22.6 Å². The first-order valence-electron chi connectivity index (χ1n) is 4.67. The van der Waals surface area contributed by atoms with Gasteiger partial charge in [-0.3, -0.25) is 0 Å². The Hall–Kier alpha value is -0.160. The normalized spacial score (nSPS) is 10.9. The molecule has 0 bridgehead atoms. The standard InChI is InChI=1S/C11H15FIN/c1-14(2)5-3-4-9-6-10(12)8-11(13)7-9/h6-8H,3-5H2,1-2H3. The Morgan fingerprint density at radius 3 is 2.57 bits per heavy atom. The summed E-state index contributed by atoms with van der Waals surface area (Å²) < 4.78 is 14.0. The van der Waals surface area contributed by atoms with Gasteiger partial charge in [0.05, 0.1) is 0 Å². The van der Waals surface area contributed by atoms with Crippen LogP contribution in [0.1, 0.15) is 12.0 Å². The number of hydrogen-bond donors (Lipinski definition) is 0. The Kier molecular flexibility index (Phi) is 4.81. The summed E-state index contributed by atoms with van der Waals surface area (Å²) in [6.07, 6.45) is 2.03. The second-order valence-corrected chi connectivity index (χ2v) is 4.93. The maximum Gasteiger partial charge on any atom is 0.124 e. The molecule has 0 aliphatic rings. The van der Waals surface area contributed by atoms with Gasteiger partial charge in [0.15, 0.2) is 0 Å². The summed E-state index contributed by atoms with van der Waals surface area (Å²) in [6.45, 7) is 1.05. The van der Waals surface area contributed by atoms with E-state index in [1.165, 1.54) is 0 Å². The Morgan fingerprint density at radius 1 is 1.29 bits per heavy atom. The van der Waals surface area contributed by atoms with Crippen LogP contribution in [0, 0.1) is 9.39 Å². The molecule has 1 rings (SSSR count). The molecule has 0 N–H and O–H groups in total. The van der Waals surface area contributed by atoms with Crippen molar-refractivity contribution in [2.24, 2.45) is 0 Å². The van der Waals surface area contributed by atoms with Gasteiger partial charge in [-0.1, -0.05) is 0 Å². The highest BCUT2D eigenvalue weighted by Crippen LogP contribution is 2.12. The Bertz CT molecular complexity index is 279. The maximum atomic E-state index is 13.0. The van der Waals surface area contributed by atoms with Gasteiger partial charge in [-0.2, -0.15) is 0 Å². The molecule has 0 spiro atoms. The third-order valence-electron chi connectivity index (χ3n) is 1.99. The number of benzene rings is 1. The average Bonchev–Trinajstić information content (AvgIpc) is 2.01. The smallest absolute Gasteiger partial charge is 0.124 e. The number of aryl methyl sites for hydroxylation is 1. The summed E-state index contributed by atoms with van der Waals surface area (Å²) in [6, 6.07) is 5.22. The van der Waals surface area contributed by atoms with E-state index >= 15 is 0 Å². The first kappa shape index (κ1) is 11.9. The SMILES string of the molecule is CN(C)CCCc1cc(F)cc(I)c1. The van der Waals surface area contributed by atoms with Gasteiger partial charge in [-0.15, -0.1) is 0 Å². The molecule has 0 aliphatic heterocycles. The van der Waals surface area contributed by atoms with Gasteiger partial charge in [0, 0.05) is 3.57 Å². The van der Waals surface area contributed by atoms with E-state index in [-0.39, 0.29) is 5.82 Å². The minimum Gasteiger partial charge on any atom is -0.309 e. The fourth-order valence-electron chi connectivity index (χ4n) is 1.35. The fourth-order valence-corrected chi connectivity index (χ4v) is 2.05. The van der Waals surface area contributed by atoms with Crippen LogP contribution in [0.4, 0.5) is 4.39 Å². The molecule has 1 aromatic rings. The van der Waals surface area contributed by atoms with E-state index in [0.29, 0.717) is 0 Å². The van der Waals surface area contributed by atoms with Crippen LogP contribution in [-0.4, -0.2) is 25.5 Å². The zero-order valence-corrected chi connectivity index (χ0v) is 10.7. The van der Waals surface area contributed by atoms with Crippen LogP contribution in [0.25, 0.3) is 0 Å². The lowest BCUT2D eigenvalue weighted by atomic mass is 10.1. The monoisotopic (exact) mass is 307 g/mol. The molecule has 14 heavy (non-hydrogen) atoms. The van der Waals surface area contributed by atoms with Gasteiger partial charge in [0.25, 0.3) is 0 Å². The number of nitrogens with zero attached hydrogens (tertiary/aromatic N) is 1. The lowest BCUT2D eigenvalue weighted by molar-refractivity contribution is 0.400. The van der Waals surface area contributed by atoms with Crippen molar-refractivity contribution in [1.29, 1.82) is 0 Å². The maximum absolute atomic E-state index is 13.0. The zero-order valence-electron chi connectivity index (χ0n) is 8.56. The Morgan fingerprint density at radius 2 is 2.00 bits per heavy atom. The van der Waals surface area contributed by atoms with E-state index in [9.17, 15) is 4.39 Å². The first-order chi connectivity index (χ1) is 6.58. The van der Waals surface area contributed by atoms with Gasteiger partial charge < -0.3 is 4.90 Å². The highest BCUT2D eigenvalue weighted by molar-refractivity contribution is 14.1. The van der Waals surface area contributed by atoms with E-state index in [2.05, 4.69) is 41.6 Å². The predicted octanol–water partition coefficient (Wildman–Crippen LogP) is 2.92. The molecule has 3 heteroatoms. The van der Waals surface area contributed by atoms with Crippen molar-refractivity contribution in [1.82, 2.24) is 4.90 Å². The Labute approximate surface area is 98.4 Å². The molecule has 0 saturated carbocycles. The Balaban J connectivity index is 2.50. The van der Waals surface area contributed by atoms with Gasteiger partial charge in [0.2, 0.25) is 0 Å². The highest BCUT2D eigenvalue weighted by atomic mass is 127. The molecule has 0 aliphatic carbocycles. The minimum absolute atomic E-state index is 0.128. The molecule has 0 radical (unpaired) electrons. The van der Waals surface area contributed by atoms with Crippen LogP contribution in [0.3, 0.4) is 0 Å². The van der Waals surface area contributed by atoms with E-state index in [4.69, 9.17) is 0 Å².